The second kappa shape index (κ2) is 8.55. The second-order valence-electron chi connectivity index (χ2n) is 10.6. The molecular weight excluding hydrogens is 460 g/mol. The van der Waals surface area contributed by atoms with Crippen LogP contribution in [0, 0.1) is 5.92 Å². The van der Waals surface area contributed by atoms with Crippen molar-refractivity contribution in [2.45, 2.75) is 56.4 Å². The Labute approximate surface area is 212 Å². The summed E-state index contributed by atoms with van der Waals surface area (Å²) in [5.74, 6) is 3.41. The topological polar surface area (TPSA) is 34.2 Å². The number of anilines is 1. The SMILES string of the molecule is COc1ccc2c(c1N1CCC(Cl)CC1)[C@H](C1CCCC1)N1CCc3cc4c(cc3C1=C2)OCO4. The lowest BCUT2D eigenvalue weighted by molar-refractivity contribution is 0.174. The minimum Gasteiger partial charge on any atom is -0.495 e. The van der Waals surface area contributed by atoms with Crippen LogP contribution in [0.15, 0.2) is 24.3 Å². The number of hydrogen-bond acceptors (Lipinski definition) is 5. The fourth-order valence-electron chi connectivity index (χ4n) is 7.06. The molecule has 2 aromatic rings. The van der Waals surface area contributed by atoms with Gasteiger partial charge in [-0.3, -0.25) is 0 Å². The van der Waals surface area contributed by atoms with E-state index in [-0.39, 0.29) is 5.38 Å². The highest BCUT2D eigenvalue weighted by atomic mass is 35.5. The smallest absolute Gasteiger partial charge is 0.231 e. The first-order valence-electron chi connectivity index (χ1n) is 13.2. The normalized spacial score (nSPS) is 23.6. The molecule has 4 heterocycles. The van der Waals surface area contributed by atoms with Crippen molar-refractivity contribution in [2.24, 2.45) is 5.92 Å². The van der Waals surface area contributed by atoms with Gasteiger partial charge in [-0.25, -0.2) is 0 Å². The zero-order chi connectivity index (χ0) is 23.5. The highest BCUT2D eigenvalue weighted by molar-refractivity contribution is 6.20. The zero-order valence-corrected chi connectivity index (χ0v) is 21.2. The number of fused-ring (bicyclic) bond motifs is 5. The number of halogens is 1. The minimum absolute atomic E-state index is 0.278. The summed E-state index contributed by atoms with van der Waals surface area (Å²) in [6.45, 7) is 3.32. The summed E-state index contributed by atoms with van der Waals surface area (Å²) in [5, 5.41) is 0.278. The van der Waals surface area contributed by atoms with Crippen LogP contribution in [0.4, 0.5) is 5.69 Å². The molecule has 0 aromatic heterocycles. The van der Waals surface area contributed by atoms with Gasteiger partial charge in [-0.15, -0.1) is 11.6 Å². The molecule has 2 aromatic carbocycles. The van der Waals surface area contributed by atoms with Gasteiger partial charge < -0.3 is 24.0 Å². The maximum absolute atomic E-state index is 6.50. The molecule has 0 amide bonds. The molecule has 5 nitrogen and oxygen atoms in total. The lowest BCUT2D eigenvalue weighted by atomic mass is 9.79. The lowest BCUT2D eigenvalue weighted by Gasteiger charge is -2.47. The highest BCUT2D eigenvalue weighted by Gasteiger charge is 2.42. The van der Waals surface area contributed by atoms with E-state index < -0.39 is 0 Å². The summed E-state index contributed by atoms with van der Waals surface area (Å²) < 4.78 is 17.5. The van der Waals surface area contributed by atoms with Crippen molar-refractivity contribution in [3.05, 3.63) is 46.5 Å². The number of rotatable bonds is 3. The number of piperidine rings is 1. The average Bonchev–Trinajstić information content (AvgIpc) is 3.58. The van der Waals surface area contributed by atoms with Gasteiger partial charge in [-0.1, -0.05) is 18.9 Å². The van der Waals surface area contributed by atoms with E-state index in [1.54, 1.807) is 0 Å². The van der Waals surface area contributed by atoms with Crippen LogP contribution in [0.2, 0.25) is 0 Å². The maximum Gasteiger partial charge on any atom is 0.231 e. The molecule has 1 saturated heterocycles. The zero-order valence-electron chi connectivity index (χ0n) is 20.4. The molecule has 35 heavy (non-hydrogen) atoms. The van der Waals surface area contributed by atoms with E-state index in [2.05, 4.69) is 40.1 Å². The molecule has 1 aliphatic carbocycles. The van der Waals surface area contributed by atoms with Gasteiger partial charge in [-0.05, 0) is 73.4 Å². The molecule has 6 heteroatoms. The van der Waals surface area contributed by atoms with Gasteiger partial charge in [0.15, 0.2) is 11.5 Å². The third kappa shape index (κ3) is 3.49. The third-order valence-corrected chi connectivity index (χ3v) is 9.19. The van der Waals surface area contributed by atoms with Crippen molar-refractivity contribution in [2.75, 3.05) is 38.4 Å². The van der Waals surface area contributed by atoms with Gasteiger partial charge in [0.05, 0.1) is 18.8 Å². The molecule has 0 bridgehead atoms. The number of alkyl halides is 1. The van der Waals surface area contributed by atoms with Crippen LogP contribution in [0.25, 0.3) is 11.8 Å². The monoisotopic (exact) mass is 492 g/mol. The van der Waals surface area contributed by atoms with Gasteiger partial charge in [0.1, 0.15) is 5.75 Å². The standard InChI is InChI=1S/C29H33ClN2O3/c1-33-24-7-6-20-14-23-22-16-26-25(34-17-35-26)15-19(22)8-13-32(23)28(18-4-2-3-5-18)27(20)29(24)31-11-9-21(30)10-12-31/h6-7,14-16,18,21,28H,2-5,8-13,17H2,1H3/t28-/m0/s1. The fourth-order valence-corrected chi connectivity index (χ4v) is 7.26. The van der Waals surface area contributed by atoms with Crippen molar-refractivity contribution in [3.63, 3.8) is 0 Å². The predicted octanol–water partition coefficient (Wildman–Crippen LogP) is 6.23. The number of hydrogen-bond donors (Lipinski definition) is 0. The van der Waals surface area contributed by atoms with Crippen LogP contribution in [-0.2, 0) is 6.42 Å². The number of benzene rings is 2. The Balaban J connectivity index is 1.41. The fraction of sp³-hybridized carbons (Fsp3) is 0.517. The number of methoxy groups -OCH3 is 1. The van der Waals surface area contributed by atoms with Crippen LogP contribution in [-0.4, -0.2) is 43.8 Å². The third-order valence-electron chi connectivity index (χ3n) is 8.75. The van der Waals surface area contributed by atoms with Crippen molar-refractivity contribution in [3.8, 4) is 17.2 Å². The molecule has 0 spiro atoms. The van der Waals surface area contributed by atoms with E-state index in [0.717, 1.165) is 56.1 Å². The van der Waals surface area contributed by atoms with E-state index in [0.29, 0.717) is 18.8 Å². The van der Waals surface area contributed by atoms with Gasteiger partial charge in [-0.2, -0.15) is 0 Å². The van der Waals surface area contributed by atoms with Crippen LogP contribution in [0.5, 0.6) is 17.2 Å². The predicted molar refractivity (Wildman–Crippen MR) is 140 cm³/mol. The molecule has 1 atom stereocenters. The molecular formula is C29H33ClN2O3. The largest absolute Gasteiger partial charge is 0.495 e. The van der Waals surface area contributed by atoms with Crippen molar-refractivity contribution < 1.29 is 14.2 Å². The van der Waals surface area contributed by atoms with Crippen molar-refractivity contribution in [1.82, 2.24) is 4.90 Å². The molecule has 7 rings (SSSR count). The molecule has 0 unspecified atom stereocenters. The van der Waals surface area contributed by atoms with Gasteiger partial charge >= 0.3 is 0 Å². The van der Waals surface area contributed by atoms with E-state index in [1.807, 2.05) is 7.11 Å². The summed E-state index contributed by atoms with van der Waals surface area (Å²) in [7, 11) is 1.81. The summed E-state index contributed by atoms with van der Waals surface area (Å²) in [6.07, 6.45) is 10.7. The van der Waals surface area contributed by atoms with Crippen LogP contribution in [0.3, 0.4) is 0 Å². The van der Waals surface area contributed by atoms with Crippen LogP contribution >= 0.6 is 11.6 Å². The van der Waals surface area contributed by atoms with Crippen molar-refractivity contribution >= 4 is 29.1 Å². The summed E-state index contributed by atoms with van der Waals surface area (Å²) in [5.41, 5.74) is 8.11. The Morgan fingerprint density at radius 2 is 1.74 bits per heavy atom. The minimum atomic E-state index is 0.278. The van der Waals surface area contributed by atoms with Gasteiger partial charge in [0, 0.05) is 41.8 Å². The van der Waals surface area contributed by atoms with E-state index >= 15 is 0 Å². The Kier molecular flexibility index (Phi) is 5.31. The first-order valence-corrected chi connectivity index (χ1v) is 13.7. The second-order valence-corrected chi connectivity index (χ2v) is 11.2. The summed E-state index contributed by atoms with van der Waals surface area (Å²) >= 11 is 6.50. The van der Waals surface area contributed by atoms with Gasteiger partial charge in [0.2, 0.25) is 6.79 Å². The number of nitrogens with zero attached hydrogens (tertiary/aromatic N) is 2. The summed E-state index contributed by atoms with van der Waals surface area (Å²) in [6, 6.07) is 9.22. The first-order chi connectivity index (χ1) is 17.2. The molecule has 4 aliphatic heterocycles. The van der Waals surface area contributed by atoms with E-state index in [9.17, 15) is 0 Å². The Hall–Kier alpha value is -2.53. The Morgan fingerprint density at radius 1 is 0.971 bits per heavy atom. The maximum atomic E-state index is 6.50. The Morgan fingerprint density at radius 3 is 2.51 bits per heavy atom. The molecule has 2 fully saturated rings. The molecule has 0 N–H and O–H groups in total. The molecule has 1 saturated carbocycles. The number of ether oxygens (including phenoxy) is 3. The average molecular weight is 493 g/mol. The molecule has 0 radical (unpaired) electrons. The lowest BCUT2D eigenvalue weighted by Crippen LogP contribution is -2.41. The van der Waals surface area contributed by atoms with E-state index in [1.165, 1.54) is 59.3 Å². The highest BCUT2D eigenvalue weighted by Crippen LogP contribution is 2.54. The first kappa shape index (κ1) is 21.7. The van der Waals surface area contributed by atoms with Crippen LogP contribution in [0.1, 0.15) is 66.8 Å². The molecule has 5 aliphatic rings. The molecule has 184 valence electrons. The quantitative estimate of drug-likeness (QED) is 0.474. The van der Waals surface area contributed by atoms with E-state index in [4.69, 9.17) is 25.8 Å². The van der Waals surface area contributed by atoms with Crippen molar-refractivity contribution in [1.29, 1.82) is 0 Å². The van der Waals surface area contributed by atoms with Gasteiger partial charge in [0.25, 0.3) is 0 Å². The summed E-state index contributed by atoms with van der Waals surface area (Å²) in [4.78, 5) is 5.26. The van der Waals surface area contributed by atoms with Crippen LogP contribution < -0.4 is 19.1 Å². The Bertz CT molecular complexity index is 1180.